The molecule has 2 N–H and O–H groups in total. The summed E-state index contributed by atoms with van der Waals surface area (Å²) in [5.41, 5.74) is 11.3. The third-order valence-corrected chi connectivity index (χ3v) is 4.84. The molecule has 1 aliphatic heterocycles. The van der Waals surface area contributed by atoms with Crippen LogP contribution in [-0.2, 0) is 13.0 Å². The van der Waals surface area contributed by atoms with Gasteiger partial charge in [-0.25, -0.2) is 0 Å². The molecule has 1 aliphatic rings. The van der Waals surface area contributed by atoms with Crippen molar-refractivity contribution in [2.75, 3.05) is 27.3 Å². The van der Waals surface area contributed by atoms with E-state index in [2.05, 4.69) is 48.2 Å². The monoisotopic (exact) mass is 326 g/mol. The molecule has 1 unspecified atom stereocenters. The van der Waals surface area contributed by atoms with E-state index in [0.29, 0.717) is 6.54 Å². The van der Waals surface area contributed by atoms with Crippen molar-refractivity contribution in [2.45, 2.75) is 25.9 Å². The number of rotatable bonds is 5. The zero-order valence-corrected chi connectivity index (χ0v) is 14.7. The number of fused-ring (bicyclic) bond motifs is 1. The van der Waals surface area contributed by atoms with Crippen LogP contribution in [0.4, 0.5) is 0 Å². The molecule has 0 aliphatic carbocycles. The molecule has 0 bridgehead atoms. The van der Waals surface area contributed by atoms with Crippen LogP contribution in [-0.4, -0.2) is 32.2 Å². The van der Waals surface area contributed by atoms with Gasteiger partial charge in [-0.15, -0.1) is 0 Å². The highest BCUT2D eigenvalue weighted by Crippen LogP contribution is 2.38. The molecule has 3 rings (SSSR count). The van der Waals surface area contributed by atoms with Crippen molar-refractivity contribution in [3.63, 3.8) is 0 Å². The van der Waals surface area contributed by atoms with Gasteiger partial charge in [-0.2, -0.15) is 0 Å². The van der Waals surface area contributed by atoms with E-state index in [-0.39, 0.29) is 6.04 Å². The lowest BCUT2D eigenvalue weighted by Crippen LogP contribution is -2.38. The Bertz CT molecular complexity index is 698. The summed E-state index contributed by atoms with van der Waals surface area (Å²) in [7, 11) is 3.35. The summed E-state index contributed by atoms with van der Waals surface area (Å²) >= 11 is 0. The van der Waals surface area contributed by atoms with Gasteiger partial charge >= 0.3 is 0 Å². The Morgan fingerprint density at radius 1 is 1.08 bits per heavy atom. The molecule has 0 radical (unpaired) electrons. The van der Waals surface area contributed by atoms with Crippen LogP contribution in [0.3, 0.4) is 0 Å². The highest BCUT2D eigenvalue weighted by Gasteiger charge is 2.28. The maximum absolute atomic E-state index is 6.13. The van der Waals surface area contributed by atoms with Gasteiger partial charge in [-0.05, 0) is 42.2 Å². The number of benzene rings is 2. The SMILES string of the molecule is COc1cc2c(cc1OC)C(CN)N(Cc1ccc(C)cc1)CC2. The molecule has 4 heteroatoms. The van der Waals surface area contributed by atoms with Gasteiger partial charge in [-0.3, -0.25) is 4.90 Å². The summed E-state index contributed by atoms with van der Waals surface area (Å²) in [5.74, 6) is 1.56. The molecule has 0 amide bonds. The highest BCUT2D eigenvalue weighted by atomic mass is 16.5. The lowest BCUT2D eigenvalue weighted by Gasteiger charge is -2.37. The first kappa shape index (κ1) is 16.8. The predicted octanol–water partition coefficient (Wildman–Crippen LogP) is 3.07. The Morgan fingerprint density at radius 3 is 2.38 bits per heavy atom. The van der Waals surface area contributed by atoms with Gasteiger partial charge in [0.15, 0.2) is 11.5 Å². The third kappa shape index (κ3) is 3.25. The standard InChI is InChI=1S/C20H26N2O2/c1-14-4-6-15(7-5-14)13-22-9-8-16-10-19(23-2)20(24-3)11-17(16)18(22)12-21/h4-7,10-11,18H,8-9,12-13,21H2,1-3H3. The zero-order chi connectivity index (χ0) is 17.1. The van der Waals surface area contributed by atoms with Crippen molar-refractivity contribution in [3.05, 3.63) is 58.7 Å². The second-order valence-corrected chi connectivity index (χ2v) is 6.36. The van der Waals surface area contributed by atoms with Crippen molar-refractivity contribution >= 4 is 0 Å². The maximum atomic E-state index is 6.13. The molecule has 0 saturated carbocycles. The minimum absolute atomic E-state index is 0.204. The van der Waals surface area contributed by atoms with Crippen LogP contribution in [0.25, 0.3) is 0 Å². The van der Waals surface area contributed by atoms with E-state index in [1.807, 2.05) is 0 Å². The molecule has 4 nitrogen and oxygen atoms in total. The molecule has 1 atom stereocenters. The first-order valence-electron chi connectivity index (χ1n) is 8.40. The van der Waals surface area contributed by atoms with E-state index >= 15 is 0 Å². The average molecular weight is 326 g/mol. The van der Waals surface area contributed by atoms with E-state index in [9.17, 15) is 0 Å². The Balaban J connectivity index is 1.89. The summed E-state index contributed by atoms with van der Waals surface area (Å²) in [6, 6.07) is 13.1. The number of aryl methyl sites for hydroxylation is 1. The van der Waals surface area contributed by atoms with Gasteiger partial charge in [0.2, 0.25) is 0 Å². The average Bonchev–Trinajstić information content (AvgIpc) is 2.62. The van der Waals surface area contributed by atoms with Crippen LogP contribution in [0.1, 0.15) is 28.3 Å². The number of nitrogens with two attached hydrogens (primary N) is 1. The number of hydrogen-bond acceptors (Lipinski definition) is 4. The predicted molar refractivity (Wildman–Crippen MR) is 96.6 cm³/mol. The second kappa shape index (κ2) is 7.24. The molecule has 2 aromatic carbocycles. The molecule has 0 fully saturated rings. The molecular weight excluding hydrogens is 300 g/mol. The Hall–Kier alpha value is -2.04. The number of ether oxygens (including phenoxy) is 2. The Morgan fingerprint density at radius 2 is 1.75 bits per heavy atom. The largest absolute Gasteiger partial charge is 0.493 e. The van der Waals surface area contributed by atoms with E-state index in [0.717, 1.165) is 31.0 Å². The topological polar surface area (TPSA) is 47.7 Å². The van der Waals surface area contributed by atoms with Crippen LogP contribution in [0, 0.1) is 6.92 Å². The van der Waals surface area contributed by atoms with Crippen LogP contribution in [0.2, 0.25) is 0 Å². The van der Waals surface area contributed by atoms with Gasteiger partial charge in [0, 0.05) is 25.7 Å². The quantitative estimate of drug-likeness (QED) is 0.917. The first-order chi connectivity index (χ1) is 11.7. The van der Waals surface area contributed by atoms with Crippen LogP contribution >= 0.6 is 0 Å². The molecule has 0 spiro atoms. The van der Waals surface area contributed by atoms with Gasteiger partial charge in [0.25, 0.3) is 0 Å². The highest BCUT2D eigenvalue weighted by molar-refractivity contribution is 5.49. The first-order valence-corrected chi connectivity index (χ1v) is 8.40. The summed E-state index contributed by atoms with van der Waals surface area (Å²) in [4.78, 5) is 2.46. The number of methoxy groups -OCH3 is 2. The lowest BCUT2D eigenvalue weighted by atomic mass is 9.91. The van der Waals surface area contributed by atoms with Crippen LogP contribution in [0.15, 0.2) is 36.4 Å². The van der Waals surface area contributed by atoms with Gasteiger partial charge in [0.05, 0.1) is 14.2 Å². The number of nitrogens with zero attached hydrogens (tertiary/aromatic N) is 1. The fourth-order valence-electron chi connectivity index (χ4n) is 3.47. The smallest absolute Gasteiger partial charge is 0.161 e. The minimum atomic E-state index is 0.204. The summed E-state index contributed by atoms with van der Waals surface area (Å²) in [5, 5.41) is 0. The second-order valence-electron chi connectivity index (χ2n) is 6.36. The summed E-state index contributed by atoms with van der Waals surface area (Å²) < 4.78 is 10.9. The molecule has 0 saturated heterocycles. The van der Waals surface area contributed by atoms with Gasteiger partial charge in [0.1, 0.15) is 0 Å². The van der Waals surface area contributed by atoms with Crippen molar-refractivity contribution in [1.29, 1.82) is 0 Å². The van der Waals surface area contributed by atoms with Crippen LogP contribution < -0.4 is 15.2 Å². The Kier molecular flexibility index (Phi) is 5.07. The summed E-state index contributed by atoms with van der Waals surface area (Å²) in [6.45, 7) is 4.62. The zero-order valence-electron chi connectivity index (χ0n) is 14.7. The molecule has 24 heavy (non-hydrogen) atoms. The normalized spacial score (nSPS) is 17.4. The van der Waals surface area contributed by atoms with Crippen LogP contribution in [0.5, 0.6) is 11.5 Å². The number of hydrogen-bond donors (Lipinski definition) is 1. The minimum Gasteiger partial charge on any atom is -0.493 e. The van der Waals surface area contributed by atoms with Crippen molar-refractivity contribution in [3.8, 4) is 11.5 Å². The fraction of sp³-hybridized carbons (Fsp3) is 0.400. The van der Waals surface area contributed by atoms with E-state index in [1.54, 1.807) is 14.2 Å². The molecular formula is C20H26N2O2. The van der Waals surface area contributed by atoms with E-state index in [4.69, 9.17) is 15.2 Å². The molecule has 128 valence electrons. The summed E-state index contributed by atoms with van der Waals surface area (Å²) in [6.07, 6.45) is 0.998. The van der Waals surface area contributed by atoms with Crippen molar-refractivity contribution in [1.82, 2.24) is 4.90 Å². The molecule has 0 aromatic heterocycles. The van der Waals surface area contributed by atoms with Crippen molar-refractivity contribution in [2.24, 2.45) is 5.73 Å². The third-order valence-electron chi connectivity index (χ3n) is 4.84. The van der Waals surface area contributed by atoms with E-state index < -0.39 is 0 Å². The lowest BCUT2D eigenvalue weighted by molar-refractivity contribution is 0.180. The van der Waals surface area contributed by atoms with Gasteiger partial charge in [-0.1, -0.05) is 29.8 Å². The molecule has 2 aromatic rings. The van der Waals surface area contributed by atoms with E-state index in [1.165, 1.54) is 22.3 Å². The van der Waals surface area contributed by atoms with Crippen molar-refractivity contribution < 1.29 is 9.47 Å². The Labute approximate surface area is 144 Å². The maximum Gasteiger partial charge on any atom is 0.161 e. The fourth-order valence-corrected chi connectivity index (χ4v) is 3.47. The molecule has 1 heterocycles. The van der Waals surface area contributed by atoms with Gasteiger partial charge < -0.3 is 15.2 Å².